The summed E-state index contributed by atoms with van der Waals surface area (Å²) in [6.07, 6.45) is -0.687. The van der Waals surface area contributed by atoms with Crippen LogP contribution >= 0.6 is 0 Å². The average molecular weight is 561 g/mol. The van der Waals surface area contributed by atoms with E-state index >= 15 is 0 Å². The molecular formula is C32H32O9. The van der Waals surface area contributed by atoms with Crippen molar-refractivity contribution in [2.75, 3.05) is 20.8 Å². The van der Waals surface area contributed by atoms with Gasteiger partial charge in [-0.05, 0) is 71.6 Å². The smallest absolute Gasteiger partial charge is 0.160 e. The predicted molar refractivity (Wildman–Crippen MR) is 151 cm³/mol. The molecule has 0 aliphatic heterocycles. The highest BCUT2D eigenvalue weighted by atomic mass is 16.5. The maximum absolute atomic E-state index is 11.3. The summed E-state index contributed by atoms with van der Waals surface area (Å²) in [6.45, 7) is 2.15. The van der Waals surface area contributed by atoms with Crippen LogP contribution in [0.5, 0.6) is 46.0 Å². The lowest BCUT2D eigenvalue weighted by Crippen LogP contribution is -2.21. The zero-order chi connectivity index (χ0) is 29.4. The first-order chi connectivity index (χ1) is 19.7. The van der Waals surface area contributed by atoms with E-state index in [2.05, 4.69) is 0 Å². The number of methoxy groups -OCH3 is 2. The number of phenols is 6. The maximum atomic E-state index is 11.3. The lowest BCUT2D eigenvalue weighted by Gasteiger charge is -2.33. The lowest BCUT2D eigenvalue weighted by atomic mass is 9.74. The van der Waals surface area contributed by atoms with E-state index in [0.29, 0.717) is 34.4 Å². The molecule has 4 atom stereocenters. The first-order valence-corrected chi connectivity index (χ1v) is 13.1. The number of rotatable bonds is 8. The Morgan fingerprint density at radius 2 is 1.27 bits per heavy atom. The quantitative estimate of drug-likeness (QED) is 0.159. The van der Waals surface area contributed by atoms with Crippen molar-refractivity contribution in [3.05, 3.63) is 94.5 Å². The van der Waals surface area contributed by atoms with Crippen LogP contribution in [0, 0.1) is 0 Å². The highest BCUT2D eigenvalue weighted by Crippen LogP contribution is 2.63. The number of hydrogen-bond acceptors (Lipinski definition) is 9. The molecule has 41 heavy (non-hydrogen) atoms. The standard InChI is InChI=1S/C32H32O9/c1-4-41-32(17-6-8-24(37)27(12-17)40-3)31-22-14-21(35)15-25(38)30(22)28(16-5-7-23(36)26(11-16)39-2)29(31)18-9-19(33)13-20(34)10-18/h5-15,28-29,31-38H,4H2,1-3H3/t28-,29-,31-,32+/m1/s1. The molecule has 0 spiro atoms. The van der Waals surface area contributed by atoms with Crippen LogP contribution in [-0.2, 0) is 4.74 Å². The third-order valence-corrected chi connectivity index (χ3v) is 7.67. The molecule has 9 nitrogen and oxygen atoms in total. The van der Waals surface area contributed by atoms with Gasteiger partial charge in [-0.1, -0.05) is 12.1 Å². The van der Waals surface area contributed by atoms with Gasteiger partial charge >= 0.3 is 0 Å². The number of hydrogen-bond donors (Lipinski definition) is 6. The molecular weight excluding hydrogens is 528 g/mol. The van der Waals surface area contributed by atoms with Crippen LogP contribution in [0.15, 0.2) is 66.7 Å². The van der Waals surface area contributed by atoms with Gasteiger partial charge in [-0.25, -0.2) is 0 Å². The molecule has 4 aromatic carbocycles. The zero-order valence-corrected chi connectivity index (χ0v) is 22.8. The molecule has 0 saturated carbocycles. The molecule has 0 saturated heterocycles. The van der Waals surface area contributed by atoms with Gasteiger partial charge in [0, 0.05) is 42.1 Å². The molecule has 0 aromatic heterocycles. The molecule has 1 aliphatic rings. The van der Waals surface area contributed by atoms with Gasteiger partial charge in [-0.15, -0.1) is 0 Å². The summed E-state index contributed by atoms with van der Waals surface area (Å²) >= 11 is 0. The Hall–Kier alpha value is -4.76. The Morgan fingerprint density at radius 3 is 1.90 bits per heavy atom. The van der Waals surface area contributed by atoms with E-state index < -0.39 is 23.9 Å². The normalized spacial score (nSPS) is 18.6. The fourth-order valence-corrected chi connectivity index (χ4v) is 6.12. The Bertz CT molecular complexity index is 1560. The molecule has 0 radical (unpaired) electrons. The van der Waals surface area contributed by atoms with E-state index in [0.717, 1.165) is 0 Å². The van der Waals surface area contributed by atoms with Gasteiger partial charge in [0.05, 0.1) is 20.3 Å². The van der Waals surface area contributed by atoms with Gasteiger partial charge in [0.15, 0.2) is 23.0 Å². The Morgan fingerprint density at radius 1 is 0.659 bits per heavy atom. The minimum absolute atomic E-state index is 0.0443. The highest BCUT2D eigenvalue weighted by Gasteiger charge is 2.49. The van der Waals surface area contributed by atoms with Crippen LogP contribution in [0.25, 0.3) is 0 Å². The average Bonchev–Trinajstić information content (AvgIpc) is 3.27. The van der Waals surface area contributed by atoms with Crippen LogP contribution in [0.1, 0.15) is 58.6 Å². The summed E-state index contributed by atoms with van der Waals surface area (Å²) in [6, 6.07) is 17.0. The molecule has 0 amide bonds. The summed E-state index contributed by atoms with van der Waals surface area (Å²) in [5.74, 6) is -1.96. The second kappa shape index (κ2) is 11.0. The van der Waals surface area contributed by atoms with Gasteiger partial charge in [0.2, 0.25) is 0 Å². The van der Waals surface area contributed by atoms with Gasteiger partial charge in [0.25, 0.3) is 0 Å². The summed E-state index contributed by atoms with van der Waals surface area (Å²) in [5, 5.41) is 63.5. The fraction of sp³-hybridized carbons (Fsp3) is 0.250. The number of phenolic OH excluding ortho intramolecular Hbond substituents is 6. The van der Waals surface area contributed by atoms with Crippen LogP contribution in [0.4, 0.5) is 0 Å². The van der Waals surface area contributed by atoms with Crippen LogP contribution in [-0.4, -0.2) is 51.5 Å². The number of ether oxygens (including phenoxy) is 3. The lowest BCUT2D eigenvalue weighted by molar-refractivity contribution is 0.0360. The van der Waals surface area contributed by atoms with Crippen LogP contribution in [0.2, 0.25) is 0 Å². The van der Waals surface area contributed by atoms with E-state index in [1.54, 1.807) is 42.5 Å². The number of fused-ring (bicyclic) bond motifs is 1. The second-order valence-electron chi connectivity index (χ2n) is 10.0. The molecule has 5 rings (SSSR count). The molecule has 214 valence electrons. The fourth-order valence-electron chi connectivity index (χ4n) is 6.12. The Kier molecular flexibility index (Phi) is 7.47. The van der Waals surface area contributed by atoms with Crippen molar-refractivity contribution in [2.45, 2.75) is 30.8 Å². The SMILES string of the molecule is CCO[C@@H](c1ccc(O)c(OC)c1)[C@@H]1c2cc(O)cc(O)c2[C@H](c2ccc(O)c(OC)c2)[C@H]1c1cc(O)cc(O)c1. The first-order valence-electron chi connectivity index (χ1n) is 13.1. The van der Waals surface area contributed by atoms with E-state index in [1.165, 1.54) is 38.5 Å². The van der Waals surface area contributed by atoms with Gasteiger partial charge < -0.3 is 44.8 Å². The summed E-state index contributed by atoms with van der Waals surface area (Å²) in [5.41, 5.74) is 3.01. The topological polar surface area (TPSA) is 149 Å². The van der Waals surface area contributed by atoms with Crippen molar-refractivity contribution in [1.82, 2.24) is 0 Å². The number of benzene rings is 4. The van der Waals surface area contributed by atoms with Crippen molar-refractivity contribution in [3.8, 4) is 46.0 Å². The van der Waals surface area contributed by atoms with Gasteiger partial charge in [-0.2, -0.15) is 0 Å². The van der Waals surface area contributed by atoms with Gasteiger partial charge in [-0.3, -0.25) is 0 Å². The third kappa shape index (κ3) is 5.00. The van der Waals surface area contributed by atoms with E-state index in [-0.39, 0.29) is 46.0 Å². The maximum Gasteiger partial charge on any atom is 0.160 e. The monoisotopic (exact) mass is 560 g/mol. The third-order valence-electron chi connectivity index (χ3n) is 7.67. The Balaban J connectivity index is 1.84. The van der Waals surface area contributed by atoms with Crippen molar-refractivity contribution >= 4 is 0 Å². The van der Waals surface area contributed by atoms with Crippen molar-refractivity contribution in [1.29, 1.82) is 0 Å². The van der Waals surface area contributed by atoms with Crippen LogP contribution < -0.4 is 9.47 Å². The minimum Gasteiger partial charge on any atom is -0.508 e. The largest absolute Gasteiger partial charge is 0.508 e. The molecule has 0 fully saturated rings. The van der Waals surface area contributed by atoms with Crippen molar-refractivity contribution < 1.29 is 44.8 Å². The number of aromatic hydroxyl groups is 6. The molecule has 0 bridgehead atoms. The van der Waals surface area contributed by atoms with Crippen molar-refractivity contribution in [3.63, 3.8) is 0 Å². The molecule has 4 aromatic rings. The molecule has 6 N–H and O–H groups in total. The molecule has 0 unspecified atom stereocenters. The predicted octanol–water partition coefficient (Wildman–Crippen LogP) is 5.73. The van der Waals surface area contributed by atoms with Crippen LogP contribution in [0.3, 0.4) is 0 Å². The summed E-state index contributed by atoms with van der Waals surface area (Å²) in [7, 11) is 2.88. The van der Waals surface area contributed by atoms with Gasteiger partial charge in [0.1, 0.15) is 23.0 Å². The minimum atomic E-state index is -0.687. The molecule has 0 heterocycles. The molecule has 1 aliphatic carbocycles. The summed E-state index contributed by atoms with van der Waals surface area (Å²) in [4.78, 5) is 0. The van der Waals surface area contributed by atoms with Crippen molar-refractivity contribution in [2.24, 2.45) is 0 Å². The zero-order valence-electron chi connectivity index (χ0n) is 22.8. The first kappa shape index (κ1) is 27.8. The molecule has 9 heteroatoms. The van der Waals surface area contributed by atoms with E-state index in [1.807, 2.05) is 6.92 Å². The van der Waals surface area contributed by atoms with E-state index in [4.69, 9.17) is 14.2 Å². The Labute approximate surface area is 237 Å². The van der Waals surface area contributed by atoms with E-state index in [9.17, 15) is 30.6 Å². The highest BCUT2D eigenvalue weighted by molar-refractivity contribution is 5.62. The second-order valence-corrected chi connectivity index (χ2v) is 10.0. The summed E-state index contributed by atoms with van der Waals surface area (Å²) < 4.78 is 17.1.